The third-order valence-electron chi connectivity index (χ3n) is 3.79. The van der Waals surface area contributed by atoms with E-state index in [-0.39, 0.29) is 18.4 Å². The van der Waals surface area contributed by atoms with Crippen molar-refractivity contribution in [3.63, 3.8) is 0 Å². The molecule has 0 bridgehead atoms. The maximum atomic E-state index is 12.1. The van der Waals surface area contributed by atoms with E-state index in [1.807, 2.05) is 6.07 Å². The van der Waals surface area contributed by atoms with Gasteiger partial charge >= 0.3 is 0 Å². The monoisotopic (exact) mass is 274 g/mol. The lowest BCUT2D eigenvalue weighted by molar-refractivity contribution is -0.131. The Morgan fingerprint density at radius 3 is 2.95 bits per heavy atom. The lowest BCUT2D eigenvalue weighted by Crippen LogP contribution is -2.32. The molecule has 1 aromatic heterocycles. The summed E-state index contributed by atoms with van der Waals surface area (Å²) in [7, 11) is 0. The Labute approximate surface area is 117 Å². The Hall–Kier alpha value is -1.98. The molecule has 0 aromatic carbocycles. The first-order valence-electron chi connectivity index (χ1n) is 7.03. The second kappa shape index (κ2) is 5.56. The van der Waals surface area contributed by atoms with Crippen molar-refractivity contribution in [2.45, 2.75) is 25.7 Å². The summed E-state index contributed by atoms with van der Waals surface area (Å²) in [6.07, 6.45) is 6.56. The molecule has 2 amide bonds. The highest BCUT2D eigenvalue weighted by molar-refractivity contribution is 5.87. The van der Waals surface area contributed by atoms with Crippen LogP contribution in [-0.2, 0) is 16.0 Å². The zero-order chi connectivity index (χ0) is 13.9. The molecule has 0 N–H and O–H groups in total. The van der Waals surface area contributed by atoms with Crippen LogP contribution in [0.3, 0.4) is 0 Å². The molecule has 2 aliphatic rings. The minimum Gasteiger partial charge on any atom is -0.323 e. The van der Waals surface area contributed by atoms with Gasteiger partial charge in [-0.15, -0.1) is 0 Å². The maximum Gasteiger partial charge on any atom is 0.243 e. The van der Waals surface area contributed by atoms with Gasteiger partial charge in [0, 0.05) is 24.9 Å². The van der Waals surface area contributed by atoms with Gasteiger partial charge in [-0.2, -0.15) is 0 Å². The summed E-state index contributed by atoms with van der Waals surface area (Å²) in [5, 5.41) is 0. The van der Waals surface area contributed by atoms with Gasteiger partial charge in [-0.25, -0.2) is 9.97 Å². The fourth-order valence-electron chi connectivity index (χ4n) is 2.40. The summed E-state index contributed by atoms with van der Waals surface area (Å²) in [5.41, 5.74) is 0.855. The Bertz CT molecular complexity index is 501. The molecule has 1 aromatic rings. The van der Waals surface area contributed by atoms with Crippen LogP contribution >= 0.6 is 0 Å². The molecule has 6 nitrogen and oxygen atoms in total. The van der Waals surface area contributed by atoms with E-state index in [1.54, 1.807) is 16.0 Å². The topological polar surface area (TPSA) is 66.4 Å². The minimum absolute atomic E-state index is 0.0234. The number of hydrogen-bond acceptors (Lipinski definition) is 4. The smallest absolute Gasteiger partial charge is 0.243 e. The Kier molecular flexibility index (Phi) is 3.62. The van der Waals surface area contributed by atoms with Crippen LogP contribution in [0.1, 0.15) is 25.0 Å². The Morgan fingerprint density at radius 2 is 2.25 bits per heavy atom. The summed E-state index contributed by atoms with van der Waals surface area (Å²) < 4.78 is 0. The van der Waals surface area contributed by atoms with Crippen LogP contribution in [0.25, 0.3) is 0 Å². The fourth-order valence-corrected chi connectivity index (χ4v) is 2.40. The van der Waals surface area contributed by atoms with Crippen LogP contribution in [0, 0.1) is 5.92 Å². The van der Waals surface area contributed by atoms with E-state index in [9.17, 15) is 9.59 Å². The highest BCUT2D eigenvalue weighted by Crippen LogP contribution is 2.30. The molecule has 1 aliphatic heterocycles. The van der Waals surface area contributed by atoms with E-state index >= 15 is 0 Å². The zero-order valence-corrected chi connectivity index (χ0v) is 11.4. The molecule has 2 fully saturated rings. The highest BCUT2D eigenvalue weighted by atomic mass is 16.2. The van der Waals surface area contributed by atoms with Crippen LogP contribution in [0.4, 0.5) is 0 Å². The van der Waals surface area contributed by atoms with Crippen molar-refractivity contribution in [3.05, 3.63) is 24.3 Å². The standard InChI is InChI=1S/C14H18N4O2/c19-13(4-3-12-5-6-15-9-16-12)18-8-14(20)17(10-18)7-11-1-2-11/h5-6,9,11H,1-4,7-8,10H2. The van der Waals surface area contributed by atoms with Gasteiger partial charge in [0.05, 0.1) is 6.67 Å². The number of hydrogen-bond donors (Lipinski definition) is 0. The maximum absolute atomic E-state index is 12.1. The number of carbonyl (C=O) groups is 2. The summed E-state index contributed by atoms with van der Waals surface area (Å²) in [4.78, 5) is 35.3. The van der Waals surface area contributed by atoms with Gasteiger partial charge in [-0.1, -0.05) is 0 Å². The van der Waals surface area contributed by atoms with Crippen molar-refractivity contribution >= 4 is 11.8 Å². The predicted molar refractivity (Wildman–Crippen MR) is 71.4 cm³/mol. The van der Waals surface area contributed by atoms with Gasteiger partial charge in [0.2, 0.25) is 11.8 Å². The van der Waals surface area contributed by atoms with Crippen molar-refractivity contribution in [1.82, 2.24) is 19.8 Å². The third kappa shape index (κ3) is 3.12. The molecule has 20 heavy (non-hydrogen) atoms. The van der Waals surface area contributed by atoms with Crippen LogP contribution in [0.15, 0.2) is 18.6 Å². The summed E-state index contributed by atoms with van der Waals surface area (Å²) in [5.74, 6) is 0.762. The van der Waals surface area contributed by atoms with Crippen molar-refractivity contribution in [1.29, 1.82) is 0 Å². The molecule has 0 unspecified atom stereocenters. The molecule has 1 saturated heterocycles. The fraction of sp³-hybridized carbons (Fsp3) is 0.571. The molecule has 2 heterocycles. The third-order valence-corrected chi connectivity index (χ3v) is 3.79. The molecule has 1 aliphatic carbocycles. The number of aryl methyl sites for hydroxylation is 1. The van der Waals surface area contributed by atoms with Gasteiger partial charge in [0.25, 0.3) is 0 Å². The number of rotatable bonds is 5. The Balaban J connectivity index is 1.49. The second-order valence-corrected chi connectivity index (χ2v) is 5.49. The van der Waals surface area contributed by atoms with E-state index in [0.717, 1.165) is 12.2 Å². The van der Waals surface area contributed by atoms with Gasteiger partial charge in [-0.05, 0) is 31.2 Å². The van der Waals surface area contributed by atoms with Crippen molar-refractivity contribution in [2.24, 2.45) is 5.92 Å². The van der Waals surface area contributed by atoms with E-state index in [4.69, 9.17) is 0 Å². The zero-order valence-electron chi connectivity index (χ0n) is 11.4. The Morgan fingerprint density at radius 1 is 1.40 bits per heavy atom. The lowest BCUT2D eigenvalue weighted by Gasteiger charge is -2.17. The van der Waals surface area contributed by atoms with Crippen molar-refractivity contribution in [2.75, 3.05) is 19.8 Å². The highest BCUT2D eigenvalue weighted by Gasteiger charge is 2.34. The first-order valence-corrected chi connectivity index (χ1v) is 7.03. The predicted octanol–water partition coefficient (Wildman–Crippen LogP) is 0.447. The van der Waals surface area contributed by atoms with Gasteiger partial charge in [0.15, 0.2) is 0 Å². The van der Waals surface area contributed by atoms with Crippen molar-refractivity contribution < 1.29 is 9.59 Å². The first kappa shape index (κ1) is 13.0. The quantitative estimate of drug-likeness (QED) is 0.782. The largest absolute Gasteiger partial charge is 0.323 e. The molecule has 106 valence electrons. The van der Waals surface area contributed by atoms with Gasteiger partial charge in [-0.3, -0.25) is 9.59 Å². The molecule has 0 atom stereocenters. The second-order valence-electron chi connectivity index (χ2n) is 5.49. The molecule has 0 radical (unpaired) electrons. The van der Waals surface area contributed by atoms with Gasteiger partial charge < -0.3 is 9.80 Å². The average molecular weight is 274 g/mol. The molecular formula is C14H18N4O2. The molecule has 3 rings (SSSR count). The number of carbonyl (C=O) groups excluding carboxylic acids is 2. The molecular weight excluding hydrogens is 256 g/mol. The van der Waals surface area contributed by atoms with Crippen LogP contribution in [0.2, 0.25) is 0 Å². The molecule has 6 heteroatoms. The van der Waals surface area contributed by atoms with E-state index in [0.29, 0.717) is 25.4 Å². The molecule has 1 saturated carbocycles. The normalized spacial score (nSPS) is 18.7. The summed E-state index contributed by atoms with van der Waals surface area (Å²) >= 11 is 0. The van der Waals surface area contributed by atoms with E-state index < -0.39 is 0 Å². The first-order chi connectivity index (χ1) is 9.72. The van der Waals surface area contributed by atoms with Crippen molar-refractivity contribution in [3.8, 4) is 0 Å². The SMILES string of the molecule is O=C(CCc1ccncn1)N1CC(=O)N(CC2CC2)C1. The van der Waals surface area contributed by atoms with Crippen LogP contribution in [0.5, 0.6) is 0 Å². The average Bonchev–Trinajstić information content (AvgIpc) is 3.21. The molecule has 0 spiro atoms. The van der Waals surface area contributed by atoms with Gasteiger partial charge in [0.1, 0.15) is 12.9 Å². The van der Waals surface area contributed by atoms with E-state index in [2.05, 4.69) is 9.97 Å². The lowest BCUT2D eigenvalue weighted by atomic mass is 10.2. The number of aromatic nitrogens is 2. The van der Waals surface area contributed by atoms with E-state index in [1.165, 1.54) is 19.2 Å². The number of amides is 2. The summed E-state index contributed by atoms with van der Waals surface area (Å²) in [6.45, 7) is 1.50. The number of nitrogens with zero attached hydrogens (tertiary/aromatic N) is 4. The minimum atomic E-state index is 0.0234. The van der Waals surface area contributed by atoms with Crippen LogP contribution in [-0.4, -0.2) is 51.3 Å². The summed E-state index contributed by atoms with van der Waals surface area (Å²) in [6, 6.07) is 1.81. The van der Waals surface area contributed by atoms with Crippen LogP contribution < -0.4 is 0 Å².